The Morgan fingerprint density at radius 3 is 2.71 bits per heavy atom. The molecule has 0 spiro atoms. The molecule has 7 heteroatoms. The monoisotopic (exact) mass is 321 g/mol. The minimum Gasteiger partial charge on any atom is -0.450 e. The van der Waals surface area contributed by atoms with Crippen LogP contribution in [0.2, 0.25) is 0 Å². The Hall–Kier alpha value is -0.810. The van der Waals surface area contributed by atoms with E-state index in [0.717, 1.165) is 4.31 Å². The molecule has 0 saturated heterocycles. The van der Waals surface area contributed by atoms with Crippen molar-refractivity contribution in [3.8, 4) is 12.3 Å². The van der Waals surface area contributed by atoms with Gasteiger partial charge in [0.25, 0.3) is 0 Å². The van der Waals surface area contributed by atoms with Crippen LogP contribution in [-0.4, -0.2) is 30.9 Å². The lowest BCUT2D eigenvalue weighted by atomic mass is 10.5. The highest BCUT2D eigenvalue weighted by Crippen LogP contribution is 2.28. The zero-order valence-electron chi connectivity index (χ0n) is 9.18. The van der Waals surface area contributed by atoms with Gasteiger partial charge in [0.2, 0.25) is 10.0 Å². The molecule has 5 nitrogen and oxygen atoms in total. The molecule has 1 N–H and O–H groups in total. The van der Waals surface area contributed by atoms with Gasteiger partial charge >= 0.3 is 0 Å². The average Bonchev–Trinajstić information content (AvgIpc) is 2.67. The third kappa shape index (κ3) is 2.90. The van der Waals surface area contributed by atoms with Crippen molar-refractivity contribution in [2.24, 2.45) is 0 Å². The molecule has 0 saturated carbocycles. The first-order valence-electron chi connectivity index (χ1n) is 4.80. The number of rotatable bonds is 5. The van der Waals surface area contributed by atoms with Crippen LogP contribution in [0.1, 0.15) is 12.7 Å². The van der Waals surface area contributed by atoms with Crippen LogP contribution in [0.3, 0.4) is 0 Å². The van der Waals surface area contributed by atoms with Gasteiger partial charge in [-0.25, -0.2) is 8.42 Å². The molecule has 0 aliphatic rings. The smallest absolute Gasteiger partial charge is 0.248 e. The van der Waals surface area contributed by atoms with Gasteiger partial charge in [-0.2, -0.15) is 4.31 Å². The van der Waals surface area contributed by atoms with Crippen LogP contribution in [0.15, 0.2) is 20.0 Å². The van der Waals surface area contributed by atoms with E-state index in [1.54, 1.807) is 6.92 Å². The van der Waals surface area contributed by atoms with Crippen molar-refractivity contribution < 1.29 is 17.9 Å². The number of terminal acetylenes is 1. The first-order chi connectivity index (χ1) is 7.97. The van der Waals surface area contributed by atoms with Gasteiger partial charge in [0.15, 0.2) is 4.67 Å². The fourth-order valence-electron chi connectivity index (χ4n) is 1.26. The molecule has 1 heterocycles. The number of nitrogens with zero attached hydrogens (tertiary/aromatic N) is 1. The third-order valence-corrected chi connectivity index (χ3v) is 4.88. The van der Waals surface area contributed by atoms with Crippen LogP contribution >= 0.6 is 15.9 Å². The van der Waals surface area contributed by atoms with E-state index in [1.807, 2.05) is 0 Å². The van der Waals surface area contributed by atoms with Crippen molar-refractivity contribution in [1.29, 1.82) is 0 Å². The molecule has 0 bridgehead atoms. The van der Waals surface area contributed by atoms with Crippen LogP contribution in [-0.2, 0) is 16.6 Å². The Labute approximate surface area is 109 Å². The van der Waals surface area contributed by atoms with E-state index in [-0.39, 0.29) is 35.0 Å². The zero-order valence-corrected chi connectivity index (χ0v) is 11.6. The standard InChI is InChI=1S/C10H12BrNO4S/c1-3-5-12(4-2)17(14,15)9-6-8(7-13)16-10(9)11/h1,6,13H,4-5,7H2,2H3. The van der Waals surface area contributed by atoms with E-state index in [0.29, 0.717) is 0 Å². The summed E-state index contributed by atoms with van der Waals surface area (Å²) in [6, 6.07) is 1.28. The lowest BCUT2D eigenvalue weighted by molar-refractivity contribution is 0.245. The molecule has 0 aromatic carbocycles. The first kappa shape index (κ1) is 14.3. The summed E-state index contributed by atoms with van der Waals surface area (Å²) in [6.07, 6.45) is 5.12. The predicted molar refractivity (Wildman–Crippen MR) is 65.6 cm³/mol. The number of aliphatic hydroxyl groups excluding tert-OH is 1. The summed E-state index contributed by atoms with van der Waals surface area (Å²) in [7, 11) is -3.69. The highest BCUT2D eigenvalue weighted by atomic mass is 79.9. The van der Waals surface area contributed by atoms with Crippen molar-refractivity contribution in [2.75, 3.05) is 13.1 Å². The molecule has 94 valence electrons. The molecule has 0 radical (unpaired) electrons. The van der Waals surface area contributed by atoms with E-state index in [9.17, 15) is 8.42 Å². The fraction of sp³-hybridized carbons (Fsp3) is 0.400. The Morgan fingerprint density at radius 2 is 2.29 bits per heavy atom. The number of halogens is 1. The Kier molecular flexibility index (Phi) is 4.77. The minimum absolute atomic E-state index is 0.00902. The molecular formula is C10H12BrNO4S. The second-order valence-electron chi connectivity index (χ2n) is 3.14. The van der Waals surface area contributed by atoms with E-state index in [2.05, 4.69) is 21.9 Å². The van der Waals surface area contributed by atoms with E-state index >= 15 is 0 Å². The van der Waals surface area contributed by atoms with Crippen LogP contribution in [0, 0.1) is 12.3 Å². The highest BCUT2D eigenvalue weighted by molar-refractivity contribution is 9.10. The Balaban J connectivity index is 3.20. The second kappa shape index (κ2) is 5.69. The van der Waals surface area contributed by atoms with Gasteiger partial charge in [0, 0.05) is 12.6 Å². The Bertz CT molecular complexity index is 529. The number of sulfonamides is 1. The third-order valence-electron chi connectivity index (χ3n) is 2.10. The summed E-state index contributed by atoms with van der Waals surface area (Å²) in [5.41, 5.74) is 0. The number of furan rings is 1. The van der Waals surface area contributed by atoms with Crippen LogP contribution < -0.4 is 0 Å². The highest BCUT2D eigenvalue weighted by Gasteiger charge is 2.27. The molecule has 0 aliphatic heterocycles. The maximum Gasteiger partial charge on any atom is 0.248 e. The van der Waals surface area contributed by atoms with Crippen molar-refractivity contribution in [3.05, 3.63) is 16.5 Å². The van der Waals surface area contributed by atoms with Crippen molar-refractivity contribution >= 4 is 26.0 Å². The van der Waals surface area contributed by atoms with Crippen molar-refractivity contribution in [3.63, 3.8) is 0 Å². The fourth-order valence-corrected chi connectivity index (χ4v) is 3.58. The average molecular weight is 322 g/mol. The number of hydrogen-bond acceptors (Lipinski definition) is 4. The molecule has 1 rings (SSSR count). The van der Waals surface area contributed by atoms with Gasteiger partial charge in [0.1, 0.15) is 17.3 Å². The van der Waals surface area contributed by atoms with E-state index in [1.165, 1.54) is 6.07 Å². The van der Waals surface area contributed by atoms with Crippen LogP contribution in [0.25, 0.3) is 0 Å². The molecule has 17 heavy (non-hydrogen) atoms. The van der Waals surface area contributed by atoms with E-state index < -0.39 is 10.0 Å². The maximum atomic E-state index is 12.2. The molecular weight excluding hydrogens is 310 g/mol. The van der Waals surface area contributed by atoms with Crippen LogP contribution in [0.4, 0.5) is 0 Å². The van der Waals surface area contributed by atoms with Gasteiger partial charge in [0.05, 0.1) is 6.54 Å². The summed E-state index contributed by atoms with van der Waals surface area (Å²) in [5.74, 6) is 2.46. The number of hydrogen-bond donors (Lipinski definition) is 1. The van der Waals surface area contributed by atoms with Crippen molar-refractivity contribution in [1.82, 2.24) is 4.31 Å². The molecule has 0 unspecified atom stereocenters. The van der Waals surface area contributed by atoms with Crippen LogP contribution in [0.5, 0.6) is 0 Å². The SMILES string of the molecule is C#CCN(CC)S(=O)(=O)c1cc(CO)oc1Br. The summed E-state index contributed by atoms with van der Waals surface area (Å²) in [4.78, 5) is -0.0290. The number of aliphatic hydroxyl groups is 1. The minimum atomic E-state index is -3.69. The topological polar surface area (TPSA) is 70.8 Å². The molecule has 1 aromatic heterocycles. The van der Waals surface area contributed by atoms with Gasteiger partial charge < -0.3 is 9.52 Å². The Morgan fingerprint density at radius 1 is 1.65 bits per heavy atom. The lowest BCUT2D eigenvalue weighted by Crippen LogP contribution is -2.31. The molecule has 0 amide bonds. The second-order valence-corrected chi connectivity index (χ2v) is 5.77. The largest absolute Gasteiger partial charge is 0.450 e. The first-order valence-corrected chi connectivity index (χ1v) is 7.03. The summed E-state index contributed by atoms with van der Waals surface area (Å²) < 4.78 is 30.6. The summed E-state index contributed by atoms with van der Waals surface area (Å²) in [5, 5.41) is 8.88. The maximum absolute atomic E-state index is 12.2. The molecule has 0 fully saturated rings. The summed E-state index contributed by atoms with van der Waals surface area (Å²) >= 11 is 3.01. The van der Waals surface area contributed by atoms with Gasteiger partial charge in [-0.15, -0.1) is 6.42 Å². The molecule has 0 aliphatic carbocycles. The zero-order chi connectivity index (χ0) is 13.1. The molecule has 0 atom stereocenters. The molecule has 1 aromatic rings. The summed E-state index contributed by atoms with van der Waals surface area (Å²) in [6.45, 7) is 1.58. The van der Waals surface area contributed by atoms with E-state index in [4.69, 9.17) is 15.9 Å². The van der Waals surface area contributed by atoms with Gasteiger partial charge in [-0.1, -0.05) is 12.8 Å². The van der Waals surface area contributed by atoms with Crippen molar-refractivity contribution in [2.45, 2.75) is 18.4 Å². The van der Waals surface area contributed by atoms with Gasteiger partial charge in [-0.05, 0) is 15.9 Å². The quantitative estimate of drug-likeness (QED) is 0.827. The predicted octanol–water partition coefficient (Wildman–Crippen LogP) is 1.18. The normalized spacial score (nSPS) is 11.7. The lowest BCUT2D eigenvalue weighted by Gasteiger charge is -2.16. The van der Waals surface area contributed by atoms with Gasteiger partial charge in [-0.3, -0.25) is 0 Å².